The zero-order valence-electron chi connectivity index (χ0n) is 10.2. The SMILES string of the molecule is CCC1c2ccsc2CCN1C(=O)C(C)C. The highest BCUT2D eigenvalue weighted by Gasteiger charge is 2.30. The maximum Gasteiger partial charge on any atom is 0.225 e. The van der Waals surface area contributed by atoms with Gasteiger partial charge in [0.2, 0.25) is 5.91 Å². The van der Waals surface area contributed by atoms with Gasteiger partial charge < -0.3 is 4.90 Å². The lowest BCUT2D eigenvalue weighted by molar-refractivity contribution is -0.137. The van der Waals surface area contributed by atoms with Gasteiger partial charge in [0.25, 0.3) is 0 Å². The smallest absolute Gasteiger partial charge is 0.225 e. The summed E-state index contributed by atoms with van der Waals surface area (Å²) in [7, 11) is 0. The van der Waals surface area contributed by atoms with Crippen LogP contribution in [0.2, 0.25) is 0 Å². The van der Waals surface area contributed by atoms with Gasteiger partial charge in [-0.05, 0) is 29.9 Å². The van der Waals surface area contributed by atoms with Crippen molar-refractivity contribution < 1.29 is 4.79 Å². The molecule has 16 heavy (non-hydrogen) atoms. The Morgan fingerprint density at radius 3 is 3.00 bits per heavy atom. The maximum absolute atomic E-state index is 12.1. The Morgan fingerprint density at radius 1 is 1.62 bits per heavy atom. The van der Waals surface area contributed by atoms with Crippen molar-refractivity contribution >= 4 is 17.2 Å². The number of hydrogen-bond donors (Lipinski definition) is 0. The first-order valence-corrected chi connectivity index (χ1v) is 6.89. The third-order valence-electron chi connectivity index (χ3n) is 3.26. The predicted octanol–water partition coefficient (Wildman–Crippen LogP) is 3.24. The Hall–Kier alpha value is -0.830. The molecule has 0 saturated heterocycles. The molecule has 1 unspecified atom stereocenters. The molecule has 0 saturated carbocycles. The zero-order chi connectivity index (χ0) is 11.7. The molecule has 1 atom stereocenters. The third-order valence-corrected chi connectivity index (χ3v) is 4.26. The summed E-state index contributed by atoms with van der Waals surface area (Å²) in [4.78, 5) is 15.7. The standard InChI is InChI=1S/C13H19NOS/c1-4-11-10-6-8-16-12(10)5-7-14(11)13(15)9(2)3/h6,8-9,11H,4-5,7H2,1-3H3. The molecule has 0 radical (unpaired) electrons. The molecule has 1 aliphatic rings. The Labute approximate surface area is 101 Å². The van der Waals surface area contributed by atoms with Crippen LogP contribution in [0.3, 0.4) is 0 Å². The monoisotopic (exact) mass is 237 g/mol. The molecule has 0 spiro atoms. The van der Waals surface area contributed by atoms with Crippen molar-refractivity contribution in [1.29, 1.82) is 0 Å². The fourth-order valence-electron chi connectivity index (χ4n) is 2.43. The molecule has 0 aliphatic carbocycles. The molecule has 3 heteroatoms. The number of fused-ring (bicyclic) bond motifs is 1. The van der Waals surface area contributed by atoms with Gasteiger partial charge in [-0.15, -0.1) is 11.3 Å². The van der Waals surface area contributed by atoms with E-state index < -0.39 is 0 Å². The van der Waals surface area contributed by atoms with Crippen LogP contribution < -0.4 is 0 Å². The maximum atomic E-state index is 12.1. The number of nitrogens with zero attached hydrogens (tertiary/aromatic N) is 1. The summed E-state index contributed by atoms with van der Waals surface area (Å²) in [6.07, 6.45) is 2.05. The number of thiophene rings is 1. The Kier molecular flexibility index (Phi) is 3.33. The molecule has 88 valence electrons. The molecule has 0 fully saturated rings. The summed E-state index contributed by atoms with van der Waals surface area (Å²) in [6.45, 7) is 7.03. The van der Waals surface area contributed by atoms with Crippen LogP contribution in [-0.2, 0) is 11.2 Å². The van der Waals surface area contributed by atoms with Crippen LogP contribution in [0.5, 0.6) is 0 Å². The third kappa shape index (κ3) is 1.88. The van der Waals surface area contributed by atoms with E-state index in [1.165, 1.54) is 10.4 Å². The fraction of sp³-hybridized carbons (Fsp3) is 0.615. The Bertz CT molecular complexity index is 383. The Morgan fingerprint density at radius 2 is 2.38 bits per heavy atom. The summed E-state index contributed by atoms with van der Waals surface area (Å²) in [6, 6.07) is 2.50. The first kappa shape index (κ1) is 11.6. The van der Waals surface area contributed by atoms with Crippen LogP contribution in [0.15, 0.2) is 11.4 Å². The highest BCUT2D eigenvalue weighted by molar-refractivity contribution is 7.10. The molecule has 0 N–H and O–H groups in total. The van der Waals surface area contributed by atoms with Crippen LogP contribution in [0, 0.1) is 5.92 Å². The molecular weight excluding hydrogens is 218 g/mol. The lowest BCUT2D eigenvalue weighted by Crippen LogP contribution is -2.41. The van der Waals surface area contributed by atoms with E-state index in [1.54, 1.807) is 0 Å². The van der Waals surface area contributed by atoms with Gasteiger partial charge in [-0.3, -0.25) is 4.79 Å². The normalized spacial score (nSPS) is 20.0. The number of rotatable bonds is 2. The van der Waals surface area contributed by atoms with Crippen molar-refractivity contribution in [1.82, 2.24) is 4.90 Å². The summed E-state index contributed by atoms with van der Waals surface area (Å²) in [5.41, 5.74) is 1.38. The number of carbonyl (C=O) groups is 1. The molecule has 0 bridgehead atoms. The lowest BCUT2D eigenvalue weighted by Gasteiger charge is -2.36. The lowest BCUT2D eigenvalue weighted by atomic mass is 9.96. The molecule has 1 aromatic rings. The summed E-state index contributed by atoms with van der Waals surface area (Å²) in [5, 5.41) is 2.15. The van der Waals surface area contributed by atoms with Gasteiger partial charge >= 0.3 is 0 Å². The van der Waals surface area contributed by atoms with Crippen LogP contribution in [0.25, 0.3) is 0 Å². The molecule has 1 aliphatic heterocycles. The quantitative estimate of drug-likeness (QED) is 0.773. The predicted molar refractivity (Wildman–Crippen MR) is 67.6 cm³/mol. The number of hydrogen-bond acceptors (Lipinski definition) is 2. The van der Waals surface area contributed by atoms with Gasteiger partial charge in [-0.25, -0.2) is 0 Å². The van der Waals surface area contributed by atoms with E-state index >= 15 is 0 Å². The second-order valence-electron chi connectivity index (χ2n) is 4.66. The first-order chi connectivity index (χ1) is 7.65. The number of amides is 1. The van der Waals surface area contributed by atoms with Crippen molar-refractivity contribution in [3.8, 4) is 0 Å². The summed E-state index contributed by atoms with van der Waals surface area (Å²) < 4.78 is 0. The van der Waals surface area contributed by atoms with E-state index in [9.17, 15) is 4.79 Å². The van der Waals surface area contributed by atoms with Gasteiger partial charge in [-0.1, -0.05) is 20.8 Å². The van der Waals surface area contributed by atoms with E-state index in [4.69, 9.17) is 0 Å². The molecule has 2 rings (SSSR count). The fourth-order valence-corrected chi connectivity index (χ4v) is 3.36. The summed E-state index contributed by atoms with van der Waals surface area (Å²) >= 11 is 1.83. The van der Waals surface area contributed by atoms with Crippen LogP contribution in [-0.4, -0.2) is 17.4 Å². The van der Waals surface area contributed by atoms with Crippen LogP contribution in [0.4, 0.5) is 0 Å². The topological polar surface area (TPSA) is 20.3 Å². The Balaban J connectivity index is 2.27. The van der Waals surface area contributed by atoms with Crippen molar-refractivity contribution in [3.05, 3.63) is 21.9 Å². The van der Waals surface area contributed by atoms with Crippen LogP contribution in [0.1, 0.15) is 43.7 Å². The van der Waals surface area contributed by atoms with Gasteiger partial charge in [0.05, 0.1) is 6.04 Å². The summed E-state index contributed by atoms with van der Waals surface area (Å²) in [5.74, 6) is 0.401. The molecular formula is C13H19NOS. The zero-order valence-corrected chi connectivity index (χ0v) is 11.0. The minimum atomic E-state index is 0.106. The number of carbonyl (C=O) groups excluding carboxylic acids is 1. The first-order valence-electron chi connectivity index (χ1n) is 6.01. The van der Waals surface area contributed by atoms with Gasteiger partial charge in [0.15, 0.2) is 0 Å². The largest absolute Gasteiger partial charge is 0.335 e. The van der Waals surface area contributed by atoms with Crippen molar-refractivity contribution in [3.63, 3.8) is 0 Å². The van der Waals surface area contributed by atoms with E-state index in [0.29, 0.717) is 11.9 Å². The second-order valence-corrected chi connectivity index (χ2v) is 5.66. The molecule has 1 aromatic heterocycles. The van der Waals surface area contributed by atoms with E-state index in [0.717, 1.165) is 19.4 Å². The highest BCUT2D eigenvalue weighted by Crippen LogP contribution is 2.35. The van der Waals surface area contributed by atoms with E-state index in [-0.39, 0.29) is 5.92 Å². The molecule has 1 amide bonds. The van der Waals surface area contributed by atoms with Gasteiger partial charge in [0.1, 0.15) is 0 Å². The van der Waals surface area contributed by atoms with Crippen molar-refractivity contribution in [2.45, 2.75) is 39.7 Å². The van der Waals surface area contributed by atoms with Crippen LogP contribution >= 0.6 is 11.3 Å². The van der Waals surface area contributed by atoms with Gasteiger partial charge in [-0.2, -0.15) is 0 Å². The average Bonchev–Trinajstić information content (AvgIpc) is 2.74. The molecule has 2 heterocycles. The molecule has 0 aromatic carbocycles. The van der Waals surface area contributed by atoms with E-state index in [1.807, 2.05) is 25.2 Å². The minimum absolute atomic E-state index is 0.106. The van der Waals surface area contributed by atoms with Crippen molar-refractivity contribution in [2.24, 2.45) is 5.92 Å². The molecule has 2 nitrogen and oxygen atoms in total. The van der Waals surface area contributed by atoms with E-state index in [2.05, 4.69) is 23.3 Å². The van der Waals surface area contributed by atoms with Crippen molar-refractivity contribution in [2.75, 3.05) is 6.54 Å². The minimum Gasteiger partial charge on any atom is -0.335 e. The average molecular weight is 237 g/mol. The second kappa shape index (κ2) is 4.58. The van der Waals surface area contributed by atoms with Gasteiger partial charge in [0, 0.05) is 17.3 Å². The highest BCUT2D eigenvalue weighted by atomic mass is 32.1.